The standard InChI is InChI=1S/C18H21NO3/c1-18(2,3)16-9-8-14(11-19-16)13-6-5-7-15(10-13)22-12-17(20)21-4/h5-11H,12H2,1-4H3. The summed E-state index contributed by atoms with van der Waals surface area (Å²) in [4.78, 5) is 15.6. The molecule has 4 nitrogen and oxygen atoms in total. The molecule has 116 valence electrons. The van der Waals surface area contributed by atoms with Crippen LogP contribution >= 0.6 is 0 Å². The van der Waals surface area contributed by atoms with Gasteiger partial charge in [0.25, 0.3) is 0 Å². The van der Waals surface area contributed by atoms with Gasteiger partial charge in [-0.2, -0.15) is 0 Å². The zero-order chi connectivity index (χ0) is 16.2. The minimum Gasteiger partial charge on any atom is -0.482 e. The predicted octanol–water partition coefficient (Wildman–Crippen LogP) is 3.60. The van der Waals surface area contributed by atoms with E-state index < -0.39 is 5.97 Å². The zero-order valence-electron chi connectivity index (χ0n) is 13.4. The van der Waals surface area contributed by atoms with Crippen LogP contribution in [0.4, 0.5) is 0 Å². The quantitative estimate of drug-likeness (QED) is 0.809. The Labute approximate surface area is 131 Å². The number of aromatic nitrogens is 1. The monoisotopic (exact) mass is 299 g/mol. The molecule has 2 aromatic rings. The van der Waals surface area contributed by atoms with Crippen LogP contribution in [0.5, 0.6) is 5.75 Å². The maximum atomic E-state index is 11.1. The minimum absolute atomic E-state index is 0.0317. The van der Waals surface area contributed by atoms with Crippen LogP contribution in [-0.4, -0.2) is 24.7 Å². The number of esters is 1. The van der Waals surface area contributed by atoms with Crippen LogP contribution in [0.15, 0.2) is 42.6 Å². The molecule has 0 saturated carbocycles. The Kier molecular flexibility index (Phi) is 4.81. The molecule has 0 amide bonds. The third-order valence-corrected chi connectivity index (χ3v) is 3.28. The van der Waals surface area contributed by atoms with Gasteiger partial charge in [-0.15, -0.1) is 0 Å². The second kappa shape index (κ2) is 6.60. The smallest absolute Gasteiger partial charge is 0.343 e. The van der Waals surface area contributed by atoms with Gasteiger partial charge in [0.05, 0.1) is 7.11 Å². The predicted molar refractivity (Wildman–Crippen MR) is 85.9 cm³/mol. The second-order valence-electron chi connectivity index (χ2n) is 6.07. The molecule has 0 spiro atoms. The molecule has 2 rings (SSSR count). The average molecular weight is 299 g/mol. The van der Waals surface area contributed by atoms with Gasteiger partial charge in [0.1, 0.15) is 5.75 Å². The van der Waals surface area contributed by atoms with Gasteiger partial charge in [0, 0.05) is 22.9 Å². The van der Waals surface area contributed by atoms with E-state index in [-0.39, 0.29) is 12.0 Å². The molecule has 1 aromatic heterocycles. The summed E-state index contributed by atoms with van der Waals surface area (Å²) in [7, 11) is 1.34. The summed E-state index contributed by atoms with van der Waals surface area (Å²) in [5.41, 5.74) is 3.09. The molecule has 0 fully saturated rings. The van der Waals surface area contributed by atoms with Crippen molar-refractivity contribution in [2.24, 2.45) is 0 Å². The number of carbonyl (C=O) groups excluding carboxylic acids is 1. The fraction of sp³-hybridized carbons (Fsp3) is 0.333. The van der Waals surface area contributed by atoms with Crippen LogP contribution in [-0.2, 0) is 14.9 Å². The zero-order valence-corrected chi connectivity index (χ0v) is 13.4. The molecule has 0 atom stereocenters. The average Bonchev–Trinajstić information content (AvgIpc) is 2.52. The van der Waals surface area contributed by atoms with E-state index in [0.717, 1.165) is 16.8 Å². The first-order valence-corrected chi connectivity index (χ1v) is 7.17. The van der Waals surface area contributed by atoms with Crippen molar-refractivity contribution < 1.29 is 14.3 Å². The number of benzene rings is 1. The molecular weight excluding hydrogens is 278 g/mol. The summed E-state index contributed by atoms with van der Waals surface area (Å²) in [6.45, 7) is 6.31. The van der Waals surface area contributed by atoms with Crippen molar-refractivity contribution in [3.63, 3.8) is 0 Å². The largest absolute Gasteiger partial charge is 0.482 e. The van der Waals surface area contributed by atoms with E-state index in [2.05, 4.69) is 30.5 Å². The van der Waals surface area contributed by atoms with Crippen molar-refractivity contribution in [2.45, 2.75) is 26.2 Å². The maximum absolute atomic E-state index is 11.1. The number of methoxy groups -OCH3 is 1. The first-order chi connectivity index (χ1) is 10.4. The Hall–Kier alpha value is -2.36. The summed E-state index contributed by atoms with van der Waals surface area (Å²) < 4.78 is 9.96. The van der Waals surface area contributed by atoms with Crippen molar-refractivity contribution >= 4 is 5.97 Å². The highest BCUT2D eigenvalue weighted by Crippen LogP contribution is 2.26. The molecule has 0 saturated heterocycles. The number of nitrogens with zero attached hydrogens (tertiary/aromatic N) is 1. The minimum atomic E-state index is -0.401. The number of rotatable bonds is 4. The van der Waals surface area contributed by atoms with Crippen molar-refractivity contribution in [3.05, 3.63) is 48.3 Å². The van der Waals surface area contributed by atoms with Crippen molar-refractivity contribution in [2.75, 3.05) is 13.7 Å². The van der Waals surface area contributed by atoms with E-state index in [1.54, 1.807) is 0 Å². The van der Waals surface area contributed by atoms with E-state index in [1.165, 1.54) is 7.11 Å². The summed E-state index contributed by atoms with van der Waals surface area (Å²) >= 11 is 0. The Bertz CT molecular complexity index is 642. The lowest BCUT2D eigenvalue weighted by atomic mass is 9.91. The number of ether oxygens (including phenoxy) is 2. The SMILES string of the molecule is COC(=O)COc1cccc(-c2ccc(C(C)(C)C)nc2)c1. The molecule has 1 aromatic carbocycles. The van der Waals surface area contributed by atoms with Crippen LogP contribution in [0.2, 0.25) is 0 Å². The Morgan fingerprint density at radius 2 is 1.91 bits per heavy atom. The number of carbonyl (C=O) groups is 1. The first kappa shape index (κ1) is 16.0. The second-order valence-corrected chi connectivity index (χ2v) is 6.07. The summed E-state index contributed by atoms with van der Waals surface area (Å²) in [5.74, 6) is 0.226. The van der Waals surface area contributed by atoms with Gasteiger partial charge >= 0.3 is 5.97 Å². The van der Waals surface area contributed by atoms with E-state index >= 15 is 0 Å². The highest BCUT2D eigenvalue weighted by atomic mass is 16.6. The Balaban J connectivity index is 2.17. The molecule has 0 aliphatic rings. The van der Waals surface area contributed by atoms with Gasteiger partial charge in [0.15, 0.2) is 6.61 Å². The molecular formula is C18H21NO3. The number of hydrogen-bond donors (Lipinski definition) is 0. The van der Waals surface area contributed by atoms with Crippen molar-refractivity contribution in [3.8, 4) is 16.9 Å². The highest BCUT2D eigenvalue weighted by Gasteiger charge is 2.15. The van der Waals surface area contributed by atoms with Crippen LogP contribution in [0, 0.1) is 0 Å². The lowest BCUT2D eigenvalue weighted by Gasteiger charge is -2.17. The molecule has 0 radical (unpaired) electrons. The van der Waals surface area contributed by atoms with Crippen molar-refractivity contribution in [1.82, 2.24) is 4.98 Å². The fourth-order valence-corrected chi connectivity index (χ4v) is 1.97. The molecule has 22 heavy (non-hydrogen) atoms. The molecule has 0 aliphatic carbocycles. The summed E-state index contributed by atoms with van der Waals surface area (Å²) in [6, 6.07) is 11.7. The van der Waals surface area contributed by atoms with Crippen LogP contribution < -0.4 is 4.74 Å². The number of hydrogen-bond acceptors (Lipinski definition) is 4. The topological polar surface area (TPSA) is 48.4 Å². The van der Waals surface area contributed by atoms with Gasteiger partial charge in [-0.25, -0.2) is 4.79 Å². The van der Waals surface area contributed by atoms with Gasteiger partial charge in [-0.05, 0) is 23.8 Å². The summed E-state index contributed by atoms with van der Waals surface area (Å²) in [5, 5.41) is 0. The van der Waals surface area contributed by atoms with E-state index in [0.29, 0.717) is 5.75 Å². The van der Waals surface area contributed by atoms with E-state index in [1.807, 2.05) is 42.6 Å². The molecule has 0 aliphatic heterocycles. The molecule has 4 heteroatoms. The highest BCUT2D eigenvalue weighted by molar-refractivity contribution is 5.71. The molecule has 0 bridgehead atoms. The Morgan fingerprint density at radius 1 is 1.14 bits per heavy atom. The third-order valence-electron chi connectivity index (χ3n) is 3.28. The fourth-order valence-electron chi connectivity index (χ4n) is 1.97. The number of pyridine rings is 1. The normalized spacial score (nSPS) is 11.1. The Morgan fingerprint density at radius 3 is 2.50 bits per heavy atom. The van der Waals surface area contributed by atoms with Gasteiger partial charge in [-0.1, -0.05) is 39.0 Å². The third kappa shape index (κ3) is 4.07. The van der Waals surface area contributed by atoms with Crippen LogP contribution in [0.25, 0.3) is 11.1 Å². The van der Waals surface area contributed by atoms with Gasteiger partial charge in [0.2, 0.25) is 0 Å². The van der Waals surface area contributed by atoms with E-state index in [9.17, 15) is 4.79 Å². The first-order valence-electron chi connectivity index (χ1n) is 7.17. The van der Waals surface area contributed by atoms with Crippen LogP contribution in [0.3, 0.4) is 0 Å². The molecule has 1 heterocycles. The maximum Gasteiger partial charge on any atom is 0.343 e. The molecule has 0 unspecified atom stereocenters. The summed E-state index contributed by atoms with van der Waals surface area (Å²) in [6.07, 6.45) is 1.86. The van der Waals surface area contributed by atoms with Crippen LogP contribution in [0.1, 0.15) is 26.5 Å². The van der Waals surface area contributed by atoms with E-state index in [4.69, 9.17) is 4.74 Å². The lowest BCUT2D eigenvalue weighted by molar-refractivity contribution is -0.142. The lowest BCUT2D eigenvalue weighted by Crippen LogP contribution is -2.13. The van der Waals surface area contributed by atoms with Crippen molar-refractivity contribution in [1.29, 1.82) is 0 Å². The molecule has 0 N–H and O–H groups in total. The van der Waals surface area contributed by atoms with Gasteiger partial charge in [-0.3, -0.25) is 4.98 Å². The van der Waals surface area contributed by atoms with Gasteiger partial charge < -0.3 is 9.47 Å².